The summed E-state index contributed by atoms with van der Waals surface area (Å²) in [4.78, 5) is 9.52. The highest BCUT2D eigenvalue weighted by Crippen LogP contribution is 2.47. The SMILES string of the molecule is Cc1ccc(-c2c3c(c(-c4ccc(C)cc4)n4c5ccc(C(F)(F)F)cc5nc34)c3nc4cc(C(F)(F)F)ccc4n23)cc1. The van der Waals surface area contributed by atoms with E-state index in [-0.39, 0.29) is 11.0 Å². The van der Waals surface area contributed by atoms with Gasteiger partial charge in [-0.1, -0.05) is 59.7 Å². The molecule has 0 N–H and O–H groups in total. The molecule has 0 fully saturated rings. The highest BCUT2D eigenvalue weighted by Gasteiger charge is 2.34. The highest BCUT2D eigenvalue weighted by molar-refractivity contribution is 6.22. The van der Waals surface area contributed by atoms with Crippen molar-refractivity contribution in [2.24, 2.45) is 0 Å². The van der Waals surface area contributed by atoms with Crippen molar-refractivity contribution in [3.05, 3.63) is 107 Å². The van der Waals surface area contributed by atoms with Gasteiger partial charge in [0.15, 0.2) is 0 Å². The molecule has 0 radical (unpaired) electrons. The average molecular weight is 599 g/mol. The third-order valence-corrected chi connectivity index (χ3v) is 8.23. The Morgan fingerprint density at radius 3 is 1.20 bits per heavy atom. The highest BCUT2D eigenvalue weighted by atomic mass is 19.4. The molecule has 8 rings (SSSR count). The molecule has 0 saturated carbocycles. The van der Waals surface area contributed by atoms with Crippen LogP contribution in [0.5, 0.6) is 0 Å². The first-order valence-electron chi connectivity index (χ1n) is 13.7. The van der Waals surface area contributed by atoms with Crippen molar-refractivity contribution in [3.8, 4) is 22.5 Å². The summed E-state index contributed by atoms with van der Waals surface area (Å²) in [5.41, 5.74) is 5.42. The summed E-state index contributed by atoms with van der Waals surface area (Å²) >= 11 is 0. The van der Waals surface area contributed by atoms with Gasteiger partial charge in [-0.2, -0.15) is 26.3 Å². The van der Waals surface area contributed by atoms with Crippen LogP contribution < -0.4 is 0 Å². The smallest absolute Gasteiger partial charge is 0.291 e. The summed E-state index contributed by atoms with van der Waals surface area (Å²) in [6, 6.07) is 22.4. The maximum atomic E-state index is 13.7. The molecular weight excluding hydrogens is 578 g/mol. The van der Waals surface area contributed by atoms with E-state index in [1.807, 2.05) is 71.2 Å². The van der Waals surface area contributed by atoms with E-state index < -0.39 is 23.5 Å². The first kappa shape index (κ1) is 26.5. The van der Waals surface area contributed by atoms with Crippen molar-refractivity contribution in [3.63, 3.8) is 0 Å². The number of hydrogen-bond acceptors (Lipinski definition) is 2. The molecule has 4 aromatic heterocycles. The van der Waals surface area contributed by atoms with Gasteiger partial charge in [0, 0.05) is 0 Å². The second-order valence-corrected chi connectivity index (χ2v) is 11.1. The molecule has 218 valence electrons. The standard InChI is InChI=1S/C34H20F6N4/c1-17-3-7-19(8-4-17)29-27-28(32-42-23-15-21(33(35,36)37)11-13-25(23)43(29)32)30(20-9-5-18(2)6-10-20)44-26-14-12-22(34(38,39)40)16-24(26)41-31(27)44/h3-16H,1-2H3. The second kappa shape index (κ2) is 8.72. The Hall–Kier alpha value is -5.12. The lowest BCUT2D eigenvalue weighted by Gasteiger charge is -2.07. The van der Waals surface area contributed by atoms with Crippen molar-refractivity contribution in [2.75, 3.05) is 0 Å². The Morgan fingerprint density at radius 2 is 0.864 bits per heavy atom. The summed E-state index contributed by atoms with van der Waals surface area (Å²) in [5, 5.41) is 1.30. The zero-order chi connectivity index (χ0) is 30.7. The molecule has 0 amide bonds. The number of aromatic nitrogens is 4. The minimum absolute atomic E-state index is 0.179. The van der Waals surface area contributed by atoms with Gasteiger partial charge < -0.3 is 0 Å². The maximum absolute atomic E-state index is 13.7. The topological polar surface area (TPSA) is 34.6 Å². The molecule has 10 heteroatoms. The monoisotopic (exact) mass is 598 g/mol. The van der Waals surface area contributed by atoms with Gasteiger partial charge in [-0.25, -0.2) is 9.97 Å². The molecule has 0 bridgehead atoms. The molecule has 4 aromatic carbocycles. The van der Waals surface area contributed by atoms with E-state index in [0.29, 0.717) is 44.5 Å². The van der Waals surface area contributed by atoms with Crippen LogP contribution in [0.3, 0.4) is 0 Å². The largest absolute Gasteiger partial charge is 0.416 e. The zero-order valence-corrected chi connectivity index (χ0v) is 23.1. The van der Waals surface area contributed by atoms with Crippen LogP contribution in [-0.2, 0) is 12.4 Å². The molecule has 0 aliphatic rings. The number of nitrogens with zero attached hydrogens (tertiary/aromatic N) is 4. The number of imidazole rings is 2. The lowest BCUT2D eigenvalue weighted by atomic mass is 10.0. The van der Waals surface area contributed by atoms with E-state index in [1.165, 1.54) is 12.1 Å². The van der Waals surface area contributed by atoms with Crippen molar-refractivity contribution >= 4 is 44.1 Å². The van der Waals surface area contributed by atoms with Gasteiger partial charge in [-0.15, -0.1) is 0 Å². The predicted molar refractivity (Wildman–Crippen MR) is 158 cm³/mol. The quantitative estimate of drug-likeness (QED) is 0.186. The van der Waals surface area contributed by atoms with Gasteiger partial charge >= 0.3 is 12.4 Å². The third kappa shape index (κ3) is 3.73. The van der Waals surface area contributed by atoms with Crippen LogP contribution in [0.25, 0.3) is 66.6 Å². The van der Waals surface area contributed by atoms with E-state index in [9.17, 15) is 26.3 Å². The number of halogens is 6. The number of rotatable bonds is 2. The fourth-order valence-electron chi connectivity index (χ4n) is 6.17. The molecule has 0 aliphatic heterocycles. The third-order valence-electron chi connectivity index (χ3n) is 8.23. The summed E-state index contributed by atoms with van der Waals surface area (Å²) in [7, 11) is 0. The first-order valence-corrected chi connectivity index (χ1v) is 13.7. The minimum atomic E-state index is -4.54. The Kier molecular flexibility index (Phi) is 5.25. The van der Waals surface area contributed by atoms with Crippen LogP contribution in [-0.4, -0.2) is 18.8 Å². The van der Waals surface area contributed by atoms with Crippen molar-refractivity contribution in [2.45, 2.75) is 26.2 Å². The molecule has 0 aliphatic carbocycles. The molecular formula is C34H20F6N4. The van der Waals surface area contributed by atoms with Crippen molar-refractivity contribution < 1.29 is 26.3 Å². The first-order chi connectivity index (χ1) is 20.9. The Morgan fingerprint density at radius 1 is 0.500 bits per heavy atom. The molecule has 0 saturated heterocycles. The van der Waals surface area contributed by atoms with Gasteiger partial charge in [-0.05, 0) is 61.4 Å². The molecule has 4 nitrogen and oxygen atoms in total. The van der Waals surface area contributed by atoms with E-state index in [1.54, 1.807) is 0 Å². The van der Waals surface area contributed by atoms with Crippen LogP contribution in [0.15, 0.2) is 84.9 Å². The lowest BCUT2D eigenvalue weighted by Crippen LogP contribution is -2.04. The van der Waals surface area contributed by atoms with Crippen LogP contribution in [0.1, 0.15) is 22.3 Å². The van der Waals surface area contributed by atoms with Crippen LogP contribution in [0.2, 0.25) is 0 Å². The summed E-state index contributed by atoms with van der Waals surface area (Å²) < 4.78 is 85.8. The fraction of sp³-hybridized carbons (Fsp3) is 0.118. The molecule has 8 aromatic rings. The van der Waals surface area contributed by atoms with Gasteiger partial charge in [0.25, 0.3) is 0 Å². The molecule has 0 spiro atoms. The van der Waals surface area contributed by atoms with Gasteiger partial charge in [0.2, 0.25) is 0 Å². The van der Waals surface area contributed by atoms with E-state index in [2.05, 4.69) is 0 Å². The Labute approximate surface area is 245 Å². The summed E-state index contributed by atoms with van der Waals surface area (Å²) in [5.74, 6) is 0. The minimum Gasteiger partial charge on any atom is -0.291 e. The summed E-state index contributed by atoms with van der Waals surface area (Å²) in [6.45, 7) is 3.89. The molecule has 0 unspecified atom stereocenters. The lowest BCUT2D eigenvalue weighted by molar-refractivity contribution is -0.138. The Balaban J connectivity index is 1.60. The second-order valence-electron chi connectivity index (χ2n) is 11.1. The summed E-state index contributed by atoms with van der Waals surface area (Å²) in [6.07, 6.45) is -9.08. The van der Waals surface area contributed by atoms with Crippen LogP contribution in [0, 0.1) is 13.8 Å². The van der Waals surface area contributed by atoms with Crippen molar-refractivity contribution in [1.82, 2.24) is 18.8 Å². The normalized spacial score (nSPS) is 13.0. The van der Waals surface area contributed by atoms with Gasteiger partial charge in [0.05, 0.1) is 55.4 Å². The number of hydrogen-bond donors (Lipinski definition) is 0. The van der Waals surface area contributed by atoms with Gasteiger partial charge in [0.1, 0.15) is 11.3 Å². The maximum Gasteiger partial charge on any atom is 0.416 e. The number of benzene rings is 4. The number of fused-ring (bicyclic) bond motifs is 9. The molecule has 0 atom stereocenters. The van der Waals surface area contributed by atoms with Crippen LogP contribution >= 0.6 is 0 Å². The van der Waals surface area contributed by atoms with E-state index >= 15 is 0 Å². The average Bonchev–Trinajstić information content (AvgIpc) is 3.68. The van der Waals surface area contributed by atoms with Gasteiger partial charge in [-0.3, -0.25) is 8.80 Å². The number of alkyl halides is 6. The number of aryl methyl sites for hydroxylation is 2. The fourth-order valence-corrected chi connectivity index (χ4v) is 6.17. The molecule has 4 heterocycles. The predicted octanol–water partition coefficient (Wildman–Crippen LogP) is 9.87. The van der Waals surface area contributed by atoms with Crippen molar-refractivity contribution in [1.29, 1.82) is 0 Å². The zero-order valence-electron chi connectivity index (χ0n) is 23.1. The van der Waals surface area contributed by atoms with E-state index in [4.69, 9.17) is 9.97 Å². The molecule has 44 heavy (non-hydrogen) atoms. The van der Waals surface area contributed by atoms with E-state index in [0.717, 1.165) is 46.5 Å². The Bertz CT molecular complexity index is 2240. The van der Waals surface area contributed by atoms with Crippen LogP contribution in [0.4, 0.5) is 26.3 Å².